The van der Waals surface area contributed by atoms with Crippen molar-refractivity contribution in [1.82, 2.24) is 4.90 Å². The van der Waals surface area contributed by atoms with Crippen LogP contribution in [0.3, 0.4) is 0 Å². The fourth-order valence-corrected chi connectivity index (χ4v) is 3.04. The molecule has 0 saturated carbocycles. The molecule has 2 amide bonds. The Hall–Kier alpha value is -2.73. The van der Waals surface area contributed by atoms with Gasteiger partial charge in [-0.15, -0.1) is 0 Å². The Morgan fingerprint density at radius 3 is 2.38 bits per heavy atom. The van der Waals surface area contributed by atoms with Gasteiger partial charge in [-0.05, 0) is 35.5 Å². The van der Waals surface area contributed by atoms with Gasteiger partial charge in [-0.25, -0.2) is 4.39 Å². The van der Waals surface area contributed by atoms with Crippen LogP contribution in [-0.2, 0) is 4.79 Å². The van der Waals surface area contributed by atoms with Crippen LogP contribution in [0.1, 0.15) is 15.9 Å². The van der Waals surface area contributed by atoms with Gasteiger partial charge in [-0.3, -0.25) is 19.3 Å². The minimum Gasteiger partial charge on any atom is -0.292 e. The third kappa shape index (κ3) is 3.44. The molecule has 0 spiro atoms. The predicted molar refractivity (Wildman–Crippen MR) is 89.8 cm³/mol. The van der Waals surface area contributed by atoms with Crippen LogP contribution in [0.25, 0.3) is 6.08 Å². The summed E-state index contributed by atoms with van der Waals surface area (Å²) in [7, 11) is 0. The summed E-state index contributed by atoms with van der Waals surface area (Å²) in [5.41, 5.74) is 1.05. The van der Waals surface area contributed by atoms with Gasteiger partial charge >= 0.3 is 0 Å². The maximum Gasteiger partial charge on any atom is 0.293 e. The van der Waals surface area contributed by atoms with Gasteiger partial charge in [0.2, 0.25) is 0 Å². The lowest BCUT2D eigenvalue weighted by molar-refractivity contribution is -0.122. The maximum atomic E-state index is 12.9. The molecule has 2 aromatic rings. The zero-order valence-corrected chi connectivity index (χ0v) is 13.3. The largest absolute Gasteiger partial charge is 0.293 e. The van der Waals surface area contributed by atoms with Gasteiger partial charge in [0.05, 0.1) is 11.4 Å². The molecule has 120 valence electrons. The van der Waals surface area contributed by atoms with Crippen molar-refractivity contribution >= 4 is 34.8 Å². The third-order valence-corrected chi connectivity index (χ3v) is 4.35. The molecule has 0 aliphatic carbocycles. The number of carbonyl (C=O) groups excluding carboxylic acids is 3. The Morgan fingerprint density at radius 1 is 1.04 bits per heavy atom. The van der Waals surface area contributed by atoms with Crippen LogP contribution in [0.4, 0.5) is 9.18 Å². The summed E-state index contributed by atoms with van der Waals surface area (Å²) in [6, 6.07) is 14.1. The molecule has 1 saturated heterocycles. The summed E-state index contributed by atoms with van der Waals surface area (Å²) in [5, 5.41) is -0.488. The molecule has 2 aromatic carbocycles. The lowest BCUT2D eigenvalue weighted by atomic mass is 10.1. The molecule has 0 atom stereocenters. The van der Waals surface area contributed by atoms with Gasteiger partial charge in [-0.1, -0.05) is 42.5 Å². The molecule has 0 unspecified atom stereocenters. The first-order chi connectivity index (χ1) is 11.5. The fraction of sp³-hybridized carbons (Fsp3) is 0.0556. The van der Waals surface area contributed by atoms with Crippen molar-refractivity contribution in [3.63, 3.8) is 0 Å². The van der Waals surface area contributed by atoms with E-state index in [1.807, 2.05) is 0 Å². The second kappa shape index (κ2) is 6.80. The maximum absolute atomic E-state index is 12.9. The van der Waals surface area contributed by atoms with Crippen LogP contribution in [0.15, 0.2) is 59.5 Å². The SMILES string of the molecule is O=C(CN1C(=O)SC(=Cc2ccc(F)cc2)C1=O)c1ccccc1. The van der Waals surface area contributed by atoms with Gasteiger partial charge in [0, 0.05) is 5.56 Å². The second-order valence-corrected chi connectivity index (χ2v) is 6.10. The summed E-state index contributed by atoms with van der Waals surface area (Å²) in [4.78, 5) is 37.7. The average Bonchev–Trinajstić information content (AvgIpc) is 2.85. The molecule has 1 aliphatic rings. The molecule has 0 N–H and O–H groups in total. The summed E-state index contributed by atoms with van der Waals surface area (Å²) in [5.74, 6) is -1.20. The summed E-state index contributed by atoms with van der Waals surface area (Å²) in [6.45, 7) is -0.296. The van der Waals surface area contributed by atoms with Crippen LogP contribution in [0, 0.1) is 5.82 Å². The molecule has 1 heterocycles. The van der Waals surface area contributed by atoms with Crippen LogP contribution in [-0.4, -0.2) is 28.4 Å². The first-order valence-electron chi connectivity index (χ1n) is 7.14. The number of Topliss-reactive ketones (excluding diaryl/α,β-unsaturated/α-hetero) is 1. The number of amides is 2. The fourth-order valence-electron chi connectivity index (χ4n) is 2.21. The Labute approximate surface area is 142 Å². The Balaban J connectivity index is 1.77. The van der Waals surface area contributed by atoms with E-state index in [0.29, 0.717) is 11.1 Å². The van der Waals surface area contributed by atoms with Gasteiger partial charge in [0.1, 0.15) is 5.82 Å². The van der Waals surface area contributed by atoms with Gasteiger partial charge in [0.25, 0.3) is 11.1 Å². The molecule has 4 nitrogen and oxygen atoms in total. The molecule has 0 radical (unpaired) electrons. The summed E-state index contributed by atoms with van der Waals surface area (Å²) < 4.78 is 12.9. The minimum absolute atomic E-state index is 0.215. The molecule has 24 heavy (non-hydrogen) atoms. The van der Waals surface area contributed by atoms with Crippen molar-refractivity contribution in [2.45, 2.75) is 0 Å². The lowest BCUT2D eigenvalue weighted by Crippen LogP contribution is -2.33. The summed E-state index contributed by atoms with van der Waals surface area (Å²) in [6.07, 6.45) is 1.51. The van der Waals surface area contributed by atoms with Crippen LogP contribution >= 0.6 is 11.8 Å². The molecule has 1 aliphatic heterocycles. The van der Waals surface area contributed by atoms with Gasteiger partial charge in [0.15, 0.2) is 5.78 Å². The molecular weight excluding hydrogens is 329 g/mol. The van der Waals surface area contributed by atoms with Crippen LogP contribution in [0.5, 0.6) is 0 Å². The van der Waals surface area contributed by atoms with Crippen LogP contribution < -0.4 is 0 Å². The number of thioether (sulfide) groups is 1. The van der Waals surface area contributed by atoms with E-state index in [2.05, 4.69) is 0 Å². The average molecular weight is 341 g/mol. The number of halogens is 1. The predicted octanol–water partition coefficient (Wildman–Crippen LogP) is 3.74. The molecular formula is C18H12FNO3S. The van der Waals surface area contributed by atoms with E-state index in [-0.39, 0.29) is 23.1 Å². The first-order valence-corrected chi connectivity index (χ1v) is 7.95. The van der Waals surface area contributed by atoms with Crippen molar-refractivity contribution in [3.05, 3.63) is 76.4 Å². The van der Waals surface area contributed by atoms with Crippen molar-refractivity contribution in [2.24, 2.45) is 0 Å². The number of benzene rings is 2. The summed E-state index contributed by atoms with van der Waals surface area (Å²) >= 11 is 0.771. The lowest BCUT2D eigenvalue weighted by Gasteiger charge is -2.11. The highest BCUT2D eigenvalue weighted by Crippen LogP contribution is 2.32. The zero-order valence-electron chi connectivity index (χ0n) is 12.4. The van der Waals surface area contributed by atoms with E-state index in [9.17, 15) is 18.8 Å². The van der Waals surface area contributed by atoms with Crippen molar-refractivity contribution in [3.8, 4) is 0 Å². The second-order valence-electron chi connectivity index (χ2n) is 5.11. The van der Waals surface area contributed by atoms with E-state index in [4.69, 9.17) is 0 Å². The molecule has 1 fully saturated rings. The van der Waals surface area contributed by atoms with Crippen molar-refractivity contribution < 1.29 is 18.8 Å². The monoisotopic (exact) mass is 341 g/mol. The van der Waals surface area contributed by atoms with E-state index in [0.717, 1.165) is 16.7 Å². The molecule has 3 rings (SSSR count). The Morgan fingerprint density at radius 2 is 1.71 bits per heavy atom. The smallest absolute Gasteiger partial charge is 0.292 e. The minimum atomic E-state index is -0.515. The number of carbonyl (C=O) groups is 3. The molecule has 6 heteroatoms. The highest BCUT2D eigenvalue weighted by Gasteiger charge is 2.36. The zero-order chi connectivity index (χ0) is 17.1. The number of ketones is 1. The quantitative estimate of drug-likeness (QED) is 0.628. The highest BCUT2D eigenvalue weighted by molar-refractivity contribution is 8.18. The topological polar surface area (TPSA) is 54.5 Å². The third-order valence-electron chi connectivity index (χ3n) is 3.44. The Kier molecular flexibility index (Phi) is 4.57. The number of nitrogens with zero attached hydrogens (tertiary/aromatic N) is 1. The Bertz CT molecular complexity index is 831. The molecule has 0 bridgehead atoms. The first kappa shape index (κ1) is 16.1. The van der Waals surface area contributed by atoms with Crippen molar-refractivity contribution in [1.29, 1.82) is 0 Å². The van der Waals surface area contributed by atoms with E-state index in [1.54, 1.807) is 30.3 Å². The number of imide groups is 1. The number of rotatable bonds is 4. The number of hydrogen-bond acceptors (Lipinski definition) is 4. The molecule has 0 aromatic heterocycles. The van der Waals surface area contributed by atoms with Crippen LogP contribution in [0.2, 0.25) is 0 Å². The number of hydrogen-bond donors (Lipinski definition) is 0. The van der Waals surface area contributed by atoms with Gasteiger partial charge in [-0.2, -0.15) is 0 Å². The standard InChI is InChI=1S/C18H12FNO3S/c19-14-8-6-12(7-9-14)10-16-17(22)20(18(23)24-16)11-15(21)13-4-2-1-3-5-13/h1-10H,11H2. The van der Waals surface area contributed by atoms with E-state index < -0.39 is 11.1 Å². The van der Waals surface area contributed by atoms with E-state index in [1.165, 1.54) is 30.3 Å². The normalized spacial score (nSPS) is 16.0. The van der Waals surface area contributed by atoms with E-state index >= 15 is 0 Å². The van der Waals surface area contributed by atoms with Crippen molar-refractivity contribution in [2.75, 3.05) is 6.54 Å². The van der Waals surface area contributed by atoms with Gasteiger partial charge < -0.3 is 0 Å². The highest BCUT2D eigenvalue weighted by atomic mass is 32.2.